The molecule has 0 N–H and O–H groups in total. The largest absolute Gasteiger partial charge is 0.496 e. The van der Waals surface area contributed by atoms with Gasteiger partial charge < -0.3 is 9.64 Å². The Kier molecular flexibility index (Phi) is 5.04. The van der Waals surface area contributed by atoms with Gasteiger partial charge in [0.15, 0.2) is 0 Å². The molecule has 0 saturated carbocycles. The Morgan fingerprint density at radius 2 is 1.95 bits per heavy atom. The molecule has 1 aliphatic heterocycles. The molecule has 1 aromatic carbocycles. The van der Waals surface area contributed by atoms with E-state index in [0.29, 0.717) is 36.0 Å². The summed E-state index contributed by atoms with van der Waals surface area (Å²) < 4.78 is 5.24. The van der Waals surface area contributed by atoms with E-state index in [-0.39, 0.29) is 5.91 Å². The Morgan fingerprint density at radius 1 is 1.30 bits per heavy atom. The maximum atomic E-state index is 12.5. The van der Waals surface area contributed by atoms with E-state index in [1.807, 2.05) is 17.0 Å². The maximum absolute atomic E-state index is 12.5. The second kappa shape index (κ2) is 6.77. The second-order valence-corrected chi connectivity index (χ2v) is 5.32. The lowest BCUT2D eigenvalue weighted by Crippen LogP contribution is -2.48. The molecular formula is C15H19ClN2O2. The number of amides is 1. The highest BCUT2D eigenvalue weighted by molar-refractivity contribution is 6.29. The fourth-order valence-electron chi connectivity index (χ4n) is 2.34. The van der Waals surface area contributed by atoms with E-state index in [9.17, 15) is 4.79 Å². The molecule has 0 unspecified atom stereocenters. The highest BCUT2D eigenvalue weighted by Crippen LogP contribution is 2.20. The van der Waals surface area contributed by atoms with Gasteiger partial charge in [-0.05, 0) is 12.1 Å². The Balaban J connectivity index is 2.00. The van der Waals surface area contributed by atoms with Gasteiger partial charge in [-0.1, -0.05) is 30.3 Å². The van der Waals surface area contributed by atoms with E-state index in [1.165, 1.54) is 0 Å². The number of nitrogens with zero attached hydrogens (tertiary/aromatic N) is 2. The first kappa shape index (κ1) is 14.9. The quantitative estimate of drug-likeness (QED) is 0.853. The van der Waals surface area contributed by atoms with Gasteiger partial charge in [0.2, 0.25) is 0 Å². The van der Waals surface area contributed by atoms with E-state index in [0.717, 1.165) is 13.1 Å². The monoisotopic (exact) mass is 294 g/mol. The molecular weight excluding hydrogens is 276 g/mol. The van der Waals surface area contributed by atoms with Gasteiger partial charge in [-0.15, -0.1) is 0 Å². The molecule has 1 aliphatic rings. The van der Waals surface area contributed by atoms with Gasteiger partial charge in [-0.3, -0.25) is 9.69 Å². The summed E-state index contributed by atoms with van der Waals surface area (Å²) >= 11 is 5.81. The number of methoxy groups -OCH3 is 1. The smallest absolute Gasteiger partial charge is 0.257 e. The van der Waals surface area contributed by atoms with E-state index in [4.69, 9.17) is 16.3 Å². The standard InChI is InChI=1S/C15H19ClN2O2/c1-12(16)11-17-7-9-18(10-8-17)15(19)13-5-3-4-6-14(13)20-2/h3-6H,1,7-11H2,2H3. The van der Waals surface area contributed by atoms with Crippen molar-refractivity contribution in [2.24, 2.45) is 0 Å². The van der Waals surface area contributed by atoms with Crippen LogP contribution in [0.5, 0.6) is 5.75 Å². The predicted molar refractivity (Wildman–Crippen MR) is 80.3 cm³/mol. The highest BCUT2D eigenvalue weighted by atomic mass is 35.5. The Bertz CT molecular complexity index is 496. The van der Waals surface area contributed by atoms with Crippen LogP contribution in [-0.4, -0.2) is 55.5 Å². The SMILES string of the molecule is C=C(Cl)CN1CCN(C(=O)c2ccccc2OC)CC1. The maximum Gasteiger partial charge on any atom is 0.257 e. The summed E-state index contributed by atoms with van der Waals surface area (Å²) in [6.07, 6.45) is 0. The molecule has 1 aromatic rings. The minimum Gasteiger partial charge on any atom is -0.496 e. The van der Waals surface area contributed by atoms with Gasteiger partial charge in [0.25, 0.3) is 5.91 Å². The van der Waals surface area contributed by atoms with E-state index in [2.05, 4.69) is 11.5 Å². The molecule has 20 heavy (non-hydrogen) atoms. The van der Waals surface area contributed by atoms with Gasteiger partial charge in [0.1, 0.15) is 5.75 Å². The van der Waals surface area contributed by atoms with Gasteiger partial charge in [-0.2, -0.15) is 0 Å². The molecule has 0 aromatic heterocycles. The molecule has 1 fully saturated rings. The number of carbonyl (C=O) groups is 1. The summed E-state index contributed by atoms with van der Waals surface area (Å²) in [5.74, 6) is 0.640. The van der Waals surface area contributed by atoms with E-state index < -0.39 is 0 Å². The number of piperazine rings is 1. The fraction of sp³-hybridized carbons (Fsp3) is 0.400. The molecule has 1 heterocycles. The minimum absolute atomic E-state index is 0.0202. The molecule has 0 radical (unpaired) electrons. The summed E-state index contributed by atoms with van der Waals surface area (Å²) in [6, 6.07) is 7.32. The van der Waals surface area contributed by atoms with Crippen LogP contribution in [0.1, 0.15) is 10.4 Å². The number of hydrogen-bond acceptors (Lipinski definition) is 3. The van der Waals surface area contributed by atoms with Gasteiger partial charge in [-0.25, -0.2) is 0 Å². The Hall–Kier alpha value is -1.52. The summed E-state index contributed by atoms with van der Waals surface area (Å²) in [6.45, 7) is 7.39. The number of halogens is 1. The molecule has 2 rings (SSSR count). The van der Waals surface area contributed by atoms with E-state index >= 15 is 0 Å². The van der Waals surface area contributed by atoms with Crippen LogP contribution in [0, 0.1) is 0 Å². The Morgan fingerprint density at radius 3 is 2.55 bits per heavy atom. The average Bonchev–Trinajstić information content (AvgIpc) is 2.46. The van der Waals surface area contributed by atoms with Crippen LogP contribution in [0.15, 0.2) is 35.9 Å². The van der Waals surface area contributed by atoms with Crippen LogP contribution in [-0.2, 0) is 0 Å². The zero-order chi connectivity index (χ0) is 14.5. The second-order valence-electron chi connectivity index (χ2n) is 4.79. The lowest BCUT2D eigenvalue weighted by molar-refractivity contribution is 0.0646. The Labute approximate surface area is 124 Å². The van der Waals surface area contributed by atoms with Crippen molar-refractivity contribution in [3.05, 3.63) is 41.4 Å². The fourth-order valence-corrected chi connectivity index (χ4v) is 2.51. The summed E-state index contributed by atoms with van der Waals surface area (Å²) in [5, 5.41) is 0.634. The van der Waals surface area contributed by atoms with Crippen molar-refractivity contribution in [3.8, 4) is 5.75 Å². The van der Waals surface area contributed by atoms with Crippen LogP contribution in [0.4, 0.5) is 0 Å². The lowest BCUT2D eigenvalue weighted by Gasteiger charge is -2.34. The number of ether oxygens (including phenoxy) is 1. The zero-order valence-corrected chi connectivity index (χ0v) is 12.4. The summed E-state index contributed by atoms with van der Waals surface area (Å²) in [5.41, 5.74) is 0.616. The lowest BCUT2D eigenvalue weighted by atomic mass is 10.1. The van der Waals surface area contributed by atoms with Crippen LogP contribution in [0.25, 0.3) is 0 Å². The van der Waals surface area contributed by atoms with Crippen molar-refractivity contribution in [2.45, 2.75) is 0 Å². The van der Waals surface area contributed by atoms with Crippen molar-refractivity contribution in [2.75, 3.05) is 39.8 Å². The van der Waals surface area contributed by atoms with Crippen molar-refractivity contribution in [3.63, 3.8) is 0 Å². The summed E-state index contributed by atoms with van der Waals surface area (Å²) in [4.78, 5) is 16.5. The zero-order valence-electron chi connectivity index (χ0n) is 11.6. The molecule has 1 saturated heterocycles. The number of rotatable bonds is 4. The third-order valence-corrected chi connectivity index (χ3v) is 3.51. The van der Waals surface area contributed by atoms with E-state index in [1.54, 1.807) is 19.2 Å². The first-order valence-electron chi connectivity index (χ1n) is 6.59. The molecule has 0 bridgehead atoms. The van der Waals surface area contributed by atoms with Gasteiger partial charge in [0.05, 0.1) is 12.7 Å². The normalized spacial score (nSPS) is 16.0. The third-order valence-electron chi connectivity index (χ3n) is 3.39. The van der Waals surface area contributed by atoms with Gasteiger partial charge in [0, 0.05) is 37.8 Å². The topological polar surface area (TPSA) is 32.8 Å². The number of hydrogen-bond donors (Lipinski definition) is 0. The highest BCUT2D eigenvalue weighted by Gasteiger charge is 2.23. The molecule has 108 valence electrons. The van der Waals surface area contributed by atoms with Crippen molar-refractivity contribution >= 4 is 17.5 Å². The molecule has 4 nitrogen and oxygen atoms in total. The molecule has 0 spiro atoms. The minimum atomic E-state index is 0.0202. The summed E-state index contributed by atoms with van der Waals surface area (Å²) in [7, 11) is 1.58. The van der Waals surface area contributed by atoms with Crippen LogP contribution < -0.4 is 4.74 Å². The van der Waals surface area contributed by atoms with Crippen LogP contribution >= 0.6 is 11.6 Å². The number of benzene rings is 1. The number of carbonyl (C=O) groups excluding carboxylic acids is 1. The molecule has 5 heteroatoms. The first-order chi connectivity index (χ1) is 9.61. The third kappa shape index (κ3) is 3.52. The van der Waals surface area contributed by atoms with Crippen molar-refractivity contribution < 1.29 is 9.53 Å². The van der Waals surface area contributed by atoms with Crippen molar-refractivity contribution in [1.29, 1.82) is 0 Å². The molecule has 0 aliphatic carbocycles. The van der Waals surface area contributed by atoms with Crippen LogP contribution in [0.3, 0.4) is 0 Å². The predicted octanol–water partition coefficient (Wildman–Crippen LogP) is 2.21. The van der Waals surface area contributed by atoms with Gasteiger partial charge >= 0.3 is 0 Å². The van der Waals surface area contributed by atoms with Crippen molar-refractivity contribution in [1.82, 2.24) is 9.80 Å². The number of para-hydroxylation sites is 1. The van der Waals surface area contributed by atoms with Crippen LogP contribution in [0.2, 0.25) is 0 Å². The first-order valence-corrected chi connectivity index (χ1v) is 6.97. The average molecular weight is 295 g/mol. The molecule has 1 amide bonds. The molecule has 0 atom stereocenters.